The molecule has 1 rings (SSSR count). The molecule has 6 heteroatoms. The van der Waals surface area contributed by atoms with Gasteiger partial charge in [-0.25, -0.2) is 0 Å². The minimum Gasteiger partial charge on any atom is -0.354 e. The van der Waals surface area contributed by atoms with Gasteiger partial charge < -0.3 is 16.0 Å². The molecule has 0 saturated heterocycles. The normalized spacial score (nSPS) is 11.4. The smallest absolute Gasteiger partial charge is 0.251 e. The van der Waals surface area contributed by atoms with Crippen LogP contribution in [0.5, 0.6) is 0 Å². The van der Waals surface area contributed by atoms with E-state index in [4.69, 9.17) is 0 Å². The van der Waals surface area contributed by atoms with Gasteiger partial charge in [-0.05, 0) is 32.4 Å². The molecule has 0 aromatic heterocycles. The molecule has 0 saturated carbocycles. The molecule has 0 radical (unpaired) electrons. The molecule has 120 valence electrons. The molecule has 0 aliphatic heterocycles. The SMILES string of the molecule is CCCNC(=O)[C@@H](C)NC(=O)CNC(=O)c1cccc(C)c1. The zero-order valence-electron chi connectivity index (χ0n) is 13.2. The lowest BCUT2D eigenvalue weighted by Crippen LogP contribution is -2.48. The Bertz CT molecular complexity index is 543. The van der Waals surface area contributed by atoms with Crippen LogP contribution >= 0.6 is 0 Å². The van der Waals surface area contributed by atoms with Gasteiger partial charge in [0.15, 0.2) is 0 Å². The van der Waals surface area contributed by atoms with Crippen LogP contribution in [-0.4, -0.2) is 36.9 Å². The van der Waals surface area contributed by atoms with Gasteiger partial charge in [0.05, 0.1) is 6.54 Å². The van der Waals surface area contributed by atoms with Gasteiger partial charge in [0.1, 0.15) is 6.04 Å². The highest BCUT2D eigenvalue weighted by Crippen LogP contribution is 2.03. The van der Waals surface area contributed by atoms with Crippen molar-refractivity contribution in [2.75, 3.05) is 13.1 Å². The van der Waals surface area contributed by atoms with Gasteiger partial charge in [-0.15, -0.1) is 0 Å². The minimum absolute atomic E-state index is 0.168. The number of nitrogens with one attached hydrogen (secondary N) is 3. The summed E-state index contributed by atoms with van der Waals surface area (Å²) in [6, 6.07) is 6.47. The van der Waals surface area contributed by atoms with Crippen LogP contribution < -0.4 is 16.0 Å². The molecule has 0 spiro atoms. The molecule has 0 aliphatic carbocycles. The van der Waals surface area contributed by atoms with Crippen molar-refractivity contribution in [3.05, 3.63) is 35.4 Å². The number of hydrogen-bond acceptors (Lipinski definition) is 3. The molecule has 0 bridgehead atoms. The maximum absolute atomic E-state index is 11.9. The van der Waals surface area contributed by atoms with E-state index in [0.717, 1.165) is 12.0 Å². The molecule has 0 unspecified atom stereocenters. The fourth-order valence-corrected chi connectivity index (χ4v) is 1.81. The van der Waals surface area contributed by atoms with Crippen LogP contribution in [0.15, 0.2) is 24.3 Å². The fourth-order valence-electron chi connectivity index (χ4n) is 1.81. The molecule has 0 heterocycles. The predicted molar refractivity (Wildman–Crippen MR) is 84.4 cm³/mol. The Morgan fingerprint density at radius 1 is 1.18 bits per heavy atom. The highest BCUT2D eigenvalue weighted by molar-refractivity contribution is 5.97. The standard InChI is InChI=1S/C16H23N3O3/c1-4-8-17-15(21)12(3)19-14(20)10-18-16(22)13-7-5-6-11(2)9-13/h5-7,9,12H,4,8,10H2,1-3H3,(H,17,21)(H,18,22)(H,19,20)/t12-/m1/s1. The van der Waals surface area contributed by atoms with Crippen molar-refractivity contribution in [3.8, 4) is 0 Å². The number of amides is 3. The second-order valence-corrected chi connectivity index (χ2v) is 5.13. The molecule has 1 atom stereocenters. The van der Waals surface area contributed by atoms with Crippen molar-refractivity contribution < 1.29 is 14.4 Å². The van der Waals surface area contributed by atoms with Gasteiger partial charge in [-0.2, -0.15) is 0 Å². The average Bonchev–Trinajstić information content (AvgIpc) is 2.50. The van der Waals surface area contributed by atoms with E-state index in [2.05, 4.69) is 16.0 Å². The number of aryl methyl sites for hydroxylation is 1. The third-order valence-electron chi connectivity index (χ3n) is 3.01. The van der Waals surface area contributed by atoms with Gasteiger partial charge in [-0.1, -0.05) is 24.6 Å². The van der Waals surface area contributed by atoms with Crippen molar-refractivity contribution in [3.63, 3.8) is 0 Å². The van der Waals surface area contributed by atoms with Crippen molar-refractivity contribution in [1.29, 1.82) is 0 Å². The minimum atomic E-state index is -0.630. The molecule has 1 aromatic carbocycles. The highest BCUT2D eigenvalue weighted by Gasteiger charge is 2.15. The van der Waals surface area contributed by atoms with Crippen molar-refractivity contribution in [2.45, 2.75) is 33.2 Å². The van der Waals surface area contributed by atoms with Crippen LogP contribution in [-0.2, 0) is 9.59 Å². The van der Waals surface area contributed by atoms with Crippen LogP contribution in [0, 0.1) is 6.92 Å². The van der Waals surface area contributed by atoms with Gasteiger partial charge in [0, 0.05) is 12.1 Å². The van der Waals surface area contributed by atoms with E-state index in [1.807, 2.05) is 19.9 Å². The van der Waals surface area contributed by atoms with E-state index < -0.39 is 11.9 Å². The Balaban J connectivity index is 2.39. The van der Waals surface area contributed by atoms with E-state index >= 15 is 0 Å². The van der Waals surface area contributed by atoms with Crippen molar-refractivity contribution in [1.82, 2.24) is 16.0 Å². The van der Waals surface area contributed by atoms with E-state index in [0.29, 0.717) is 12.1 Å². The summed E-state index contributed by atoms with van der Waals surface area (Å²) in [5.41, 5.74) is 1.47. The molecular weight excluding hydrogens is 282 g/mol. The summed E-state index contributed by atoms with van der Waals surface area (Å²) in [5.74, 6) is -0.956. The summed E-state index contributed by atoms with van der Waals surface area (Å²) in [6.45, 7) is 5.84. The fraction of sp³-hybridized carbons (Fsp3) is 0.438. The van der Waals surface area contributed by atoms with Gasteiger partial charge in [-0.3, -0.25) is 14.4 Å². The molecule has 1 aromatic rings. The molecule has 3 amide bonds. The summed E-state index contributed by atoms with van der Waals surface area (Å²) in [7, 11) is 0. The number of rotatable bonds is 7. The first kappa shape index (κ1) is 17.7. The van der Waals surface area contributed by atoms with E-state index in [1.165, 1.54) is 0 Å². The molecule has 22 heavy (non-hydrogen) atoms. The van der Waals surface area contributed by atoms with Gasteiger partial charge in [0.2, 0.25) is 11.8 Å². The lowest BCUT2D eigenvalue weighted by atomic mass is 10.1. The molecule has 6 nitrogen and oxygen atoms in total. The summed E-state index contributed by atoms with van der Waals surface area (Å²) in [4.78, 5) is 35.2. The Labute approximate surface area is 130 Å². The first-order valence-corrected chi connectivity index (χ1v) is 7.36. The number of carbonyl (C=O) groups excluding carboxylic acids is 3. The first-order valence-electron chi connectivity index (χ1n) is 7.36. The van der Waals surface area contributed by atoms with E-state index in [1.54, 1.807) is 25.1 Å². The molecule has 0 aliphatic rings. The van der Waals surface area contributed by atoms with Crippen LogP contribution in [0.3, 0.4) is 0 Å². The second kappa shape index (κ2) is 8.81. The molecule has 0 fully saturated rings. The maximum Gasteiger partial charge on any atom is 0.251 e. The Morgan fingerprint density at radius 2 is 1.91 bits per heavy atom. The van der Waals surface area contributed by atoms with E-state index in [-0.39, 0.29) is 18.4 Å². The van der Waals surface area contributed by atoms with Crippen LogP contribution in [0.25, 0.3) is 0 Å². The van der Waals surface area contributed by atoms with E-state index in [9.17, 15) is 14.4 Å². The van der Waals surface area contributed by atoms with Crippen molar-refractivity contribution >= 4 is 17.7 Å². The number of benzene rings is 1. The Kier molecular flexibility index (Phi) is 7.08. The lowest BCUT2D eigenvalue weighted by molar-refractivity contribution is -0.128. The summed E-state index contributed by atoms with van der Waals surface area (Å²) in [6.07, 6.45) is 0.832. The first-order chi connectivity index (χ1) is 10.4. The molecule has 3 N–H and O–H groups in total. The molecular formula is C16H23N3O3. The Morgan fingerprint density at radius 3 is 2.55 bits per heavy atom. The predicted octanol–water partition coefficient (Wildman–Crippen LogP) is 0.756. The largest absolute Gasteiger partial charge is 0.354 e. The van der Waals surface area contributed by atoms with Crippen LogP contribution in [0.1, 0.15) is 36.2 Å². The maximum atomic E-state index is 11.9. The average molecular weight is 305 g/mol. The van der Waals surface area contributed by atoms with Crippen molar-refractivity contribution in [2.24, 2.45) is 0 Å². The number of carbonyl (C=O) groups is 3. The van der Waals surface area contributed by atoms with Crippen LogP contribution in [0.4, 0.5) is 0 Å². The monoisotopic (exact) mass is 305 g/mol. The second-order valence-electron chi connectivity index (χ2n) is 5.13. The topological polar surface area (TPSA) is 87.3 Å². The summed E-state index contributed by atoms with van der Waals surface area (Å²) >= 11 is 0. The van der Waals surface area contributed by atoms with Crippen LogP contribution in [0.2, 0.25) is 0 Å². The quantitative estimate of drug-likeness (QED) is 0.695. The highest BCUT2D eigenvalue weighted by atomic mass is 16.2. The zero-order chi connectivity index (χ0) is 16.5. The van der Waals surface area contributed by atoms with Gasteiger partial charge in [0.25, 0.3) is 5.91 Å². The zero-order valence-corrected chi connectivity index (χ0v) is 13.2. The third kappa shape index (κ3) is 5.95. The summed E-state index contributed by atoms with van der Waals surface area (Å²) < 4.78 is 0. The Hall–Kier alpha value is -2.37. The third-order valence-corrected chi connectivity index (χ3v) is 3.01. The summed E-state index contributed by atoms with van der Waals surface area (Å²) in [5, 5.41) is 7.77. The number of hydrogen-bond donors (Lipinski definition) is 3. The lowest BCUT2D eigenvalue weighted by Gasteiger charge is -2.14. The van der Waals surface area contributed by atoms with Gasteiger partial charge >= 0.3 is 0 Å².